The van der Waals surface area contributed by atoms with E-state index in [9.17, 15) is 14.8 Å². The zero-order chi connectivity index (χ0) is 23.3. The van der Waals surface area contributed by atoms with Crippen LogP contribution in [0.5, 0.6) is 0 Å². The van der Waals surface area contributed by atoms with Gasteiger partial charge in [-0.15, -0.1) is 0 Å². The van der Waals surface area contributed by atoms with Crippen molar-refractivity contribution in [2.75, 3.05) is 38.1 Å². The number of carbonyl (C=O) groups excluding carboxylic acids is 2. The number of anilines is 1. The first kappa shape index (κ1) is 24.3. The summed E-state index contributed by atoms with van der Waals surface area (Å²) in [4.78, 5) is 36.5. The third-order valence-electron chi connectivity index (χ3n) is 6.54. The van der Waals surface area contributed by atoms with Gasteiger partial charge in [0.1, 0.15) is 11.5 Å². The zero-order valence-corrected chi connectivity index (χ0v) is 19.3. The number of halogens is 1. The Bertz CT molecular complexity index is 804. The Kier molecular flexibility index (Phi) is 8.36. The van der Waals surface area contributed by atoms with Crippen LogP contribution in [0.15, 0.2) is 0 Å². The molecule has 0 aromatic carbocycles. The summed E-state index contributed by atoms with van der Waals surface area (Å²) in [6.07, 6.45) is 5.24. The summed E-state index contributed by atoms with van der Waals surface area (Å²) in [7, 11) is 2.04. The van der Waals surface area contributed by atoms with Crippen LogP contribution >= 0.6 is 0 Å². The molecule has 2 heterocycles. The molecule has 1 aliphatic carbocycles. The van der Waals surface area contributed by atoms with E-state index in [-0.39, 0.29) is 36.6 Å². The molecule has 0 spiro atoms. The van der Waals surface area contributed by atoms with Gasteiger partial charge in [-0.05, 0) is 33.2 Å². The molecule has 2 amide bonds. The lowest BCUT2D eigenvalue weighted by atomic mass is 9.92. The van der Waals surface area contributed by atoms with Gasteiger partial charge in [0.05, 0.1) is 19.0 Å². The molecule has 2 fully saturated rings. The second kappa shape index (κ2) is 11.0. The second-order valence-electron chi connectivity index (χ2n) is 9.19. The van der Waals surface area contributed by atoms with Crippen LogP contribution in [0.25, 0.3) is 0 Å². The number of aryl methyl sites for hydroxylation is 1. The van der Waals surface area contributed by atoms with E-state index in [1.807, 2.05) is 18.9 Å². The van der Waals surface area contributed by atoms with Gasteiger partial charge in [0.25, 0.3) is 0 Å². The van der Waals surface area contributed by atoms with Crippen molar-refractivity contribution in [1.82, 2.24) is 25.2 Å². The van der Waals surface area contributed by atoms with Crippen molar-refractivity contribution in [2.24, 2.45) is 11.8 Å². The number of rotatable bonds is 9. The minimum absolute atomic E-state index is 0.0726. The smallest absolute Gasteiger partial charge is 0.233 e. The van der Waals surface area contributed by atoms with Crippen LogP contribution in [0, 0.1) is 24.6 Å². The van der Waals surface area contributed by atoms with Crippen molar-refractivity contribution < 1.29 is 19.2 Å². The normalized spacial score (nSPS) is 20.9. The maximum absolute atomic E-state index is 15.3. The highest BCUT2D eigenvalue weighted by Gasteiger charge is 2.29. The molecule has 2 N–H and O–H groups in total. The lowest BCUT2D eigenvalue weighted by Gasteiger charge is -2.39. The summed E-state index contributed by atoms with van der Waals surface area (Å²) in [5.41, 5.74) is 0.142. The number of likely N-dealkylation sites (N-methyl/N-ethyl adjacent to an activating group) is 1. The third kappa shape index (κ3) is 6.13. The quantitative estimate of drug-likeness (QED) is 0.336. The Balaban J connectivity index is 1.70. The number of hydrogen-bond acceptors (Lipinski definition) is 7. The molecule has 2 aliphatic rings. The first-order valence-corrected chi connectivity index (χ1v) is 11.4. The van der Waals surface area contributed by atoms with Crippen LogP contribution < -0.4 is 10.2 Å². The van der Waals surface area contributed by atoms with Gasteiger partial charge in [-0.1, -0.05) is 25.7 Å². The topological polar surface area (TPSA) is 102 Å². The molecule has 3 rings (SSSR count). The van der Waals surface area contributed by atoms with Crippen LogP contribution in [0.4, 0.5) is 10.2 Å². The Morgan fingerprint density at radius 2 is 2.06 bits per heavy atom. The summed E-state index contributed by atoms with van der Waals surface area (Å²) in [5.74, 6) is -0.279. The molecule has 178 valence electrons. The number of aromatic nitrogens is 2. The third-order valence-corrected chi connectivity index (χ3v) is 6.54. The van der Waals surface area contributed by atoms with E-state index in [4.69, 9.17) is 0 Å². The van der Waals surface area contributed by atoms with Crippen LogP contribution in [-0.2, 0) is 16.1 Å². The van der Waals surface area contributed by atoms with E-state index in [0.717, 1.165) is 38.8 Å². The van der Waals surface area contributed by atoms with Gasteiger partial charge in [-0.25, -0.2) is 19.4 Å². The van der Waals surface area contributed by atoms with Crippen molar-refractivity contribution in [1.29, 1.82) is 0 Å². The first-order valence-electron chi connectivity index (χ1n) is 11.4. The van der Waals surface area contributed by atoms with E-state index in [0.29, 0.717) is 36.2 Å². The number of piperazine rings is 1. The highest BCUT2D eigenvalue weighted by atomic mass is 19.1. The standard InChI is InChI=1S/C22H35FN6O3/c1-15-12-27(3)8-9-29(15)21-20(23)19(25-16(2)26-21)11-24-22(31)18(13-28(32)14-30)10-17-6-4-5-7-17/h14-15,17-18,32H,4-13H2,1-3H3,(H,24,31)/t15-,18-/m1/s1. The van der Waals surface area contributed by atoms with E-state index < -0.39 is 11.7 Å². The molecular formula is C22H35FN6O3. The van der Waals surface area contributed by atoms with Crippen LogP contribution in [0.2, 0.25) is 0 Å². The monoisotopic (exact) mass is 450 g/mol. The molecule has 1 aromatic heterocycles. The number of nitrogens with one attached hydrogen (secondary N) is 1. The van der Waals surface area contributed by atoms with E-state index in [2.05, 4.69) is 20.2 Å². The van der Waals surface area contributed by atoms with E-state index in [1.165, 1.54) is 0 Å². The SMILES string of the molecule is Cc1nc(CNC(=O)[C@H](CC2CCCC2)CN(O)C=O)c(F)c(N2CCN(C)C[C@H]2C)n1. The van der Waals surface area contributed by atoms with Gasteiger partial charge in [0.15, 0.2) is 11.6 Å². The van der Waals surface area contributed by atoms with E-state index in [1.54, 1.807) is 6.92 Å². The summed E-state index contributed by atoms with van der Waals surface area (Å²) in [5, 5.41) is 12.9. The molecule has 2 atom stereocenters. The largest absolute Gasteiger partial charge is 0.350 e. The minimum Gasteiger partial charge on any atom is -0.350 e. The second-order valence-corrected chi connectivity index (χ2v) is 9.19. The molecule has 1 aliphatic heterocycles. The summed E-state index contributed by atoms with van der Waals surface area (Å²) < 4.78 is 15.3. The summed E-state index contributed by atoms with van der Waals surface area (Å²) in [6, 6.07) is 0.106. The highest BCUT2D eigenvalue weighted by molar-refractivity contribution is 5.79. The Hall–Kier alpha value is -2.33. The van der Waals surface area contributed by atoms with Crippen molar-refractivity contribution in [3.63, 3.8) is 0 Å². The van der Waals surface area contributed by atoms with Crippen LogP contribution in [-0.4, -0.2) is 76.7 Å². The number of amides is 2. The summed E-state index contributed by atoms with van der Waals surface area (Å²) in [6.45, 7) is 5.89. The van der Waals surface area contributed by atoms with Gasteiger partial charge >= 0.3 is 0 Å². The molecule has 0 radical (unpaired) electrons. The van der Waals surface area contributed by atoms with Gasteiger partial charge in [0.2, 0.25) is 12.3 Å². The zero-order valence-electron chi connectivity index (χ0n) is 19.3. The van der Waals surface area contributed by atoms with Crippen LogP contribution in [0.3, 0.4) is 0 Å². The lowest BCUT2D eigenvalue weighted by molar-refractivity contribution is -0.155. The summed E-state index contributed by atoms with van der Waals surface area (Å²) >= 11 is 0. The number of hydroxylamine groups is 2. The maximum atomic E-state index is 15.3. The van der Waals surface area contributed by atoms with Crippen molar-refractivity contribution in [3.05, 3.63) is 17.3 Å². The Morgan fingerprint density at radius 3 is 2.72 bits per heavy atom. The fourth-order valence-electron chi connectivity index (χ4n) is 4.86. The predicted octanol–water partition coefficient (Wildman–Crippen LogP) is 1.72. The minimum atomic E-state index is -0.559. The fraction of sp³-hybridized carbons (Fsp3) is 0.727. The molecule has 1 saturated carbocycles. The molecule has 1 aromatic rings. The van der Waals surface area contributed by atoms with Crippen molar-refractivity contribution >= 4 is 18.1 Å². The van der Waals surface area contributed by atoms with Gasteiger partial charge in [-0.2, -0.15) is 0 Å². The molecule has 9 nitrogen and oxygen atoms in total. The average molecular weight is 451 g/mol. The number of hydrogen-bond donors (Lipinski definition) is 2. The number of nitrogens with zero attached hydrogens (tertiary/aromatic N) is 5. The predicted molar refractivity (Wildman–Crippen MR) is 118 cm³/mol. The molecular weight excluding hydrogens is 415 g/mol. The van der Waals surface area contributed by atoms with E-state index >= 15 is 4.39 Å². The maximum Gasteiger partial charge on any atom is 0.233 e. The number of carbonyl (C=O) groups is 2. The molecule has 0 bridgehead atoms. The Labute approximate surface area is 188 Å². The molecule has 10 heteroatoms. The first-order chi connectivity index (χ1) is 15.3. The Morgan fingerprint density at radius 1 is 1.34 bits per heavy atom. The fourth-order valence-corrected chi connectivity index (χ4v) is 4.86. The van der Waals surface area contributed by atoms with Crippen LogP contribution in [0.1, 0.15) is 50.5 Å². The molecule has 32 heavy (non-hydrogen) atoms. The average Bonchev–Trinajstić information content (AvgIpc) is 3.26. The molecule has 0 unspecified atom stereocenters. The molecule has 1 saturated heterocycles. The lowest BCUT2D eigenvalue weighted by Crippen LogP contribution is -2.51. The van der Waals surface area contributed by atoms with Crippen molar-refractivity contribution in [3.8, 4) is 0 Å². The van der Waals surface area contributed by atoms with Gasteiger partial charge < -0.3 is 15.1 Å². The van der Waals surface area contributed by atoms with Gasteiger partial charge in [0, 0.05) is 25.7 Å². The van der Waals surface area contributed by atoms with Crippen molar-refractivity contribution in [2.45, 2.75) is 58.5 Å². The van der Waals surface area contributed by atoms with Gasteiger partial charge in [-0.3, -0.25) is 14.8 Å². The highest BCUT2D eigenvalue weighted by Crippen LogP contribution is 2.31.